The number of hydrogen-bond donors (Lipinski definition) is 3. The first-order valence-electron chi connectivity index (χ1n) is 10.1. The van der Waals surface area contributed by atoms with E-state index in [0.29, 0.717) is 5.92 Å². The van der Waals surface area contributed by atoms with E-state index >= 15 is 0 Å². The van der Waals surface area contributed by atoms with E-state index in [1.807, 2.05) is 18.2 Å². The van der Waals surface area contributed by atoms with Crippen LogP contribution >= 0.6 is 11.6 Å². The summed E-state index contributed by atoms with van der Waals surface area (Å²) < 4.78 is 0. The molecule has 0 spiro atoms. The fraction of sp³-hybridized carbons (Fsp3) is 0.455. The van der Waals surface area contributed by atoms with Crippen molar-refractivity contribution in [2.45, 2.75) is 18.7 Å². The lowest BCUT2D eigenvalue weighted by Crippen LogP contribution is -2.38. The molecule has 4 rings (SSSR count). The molecule has 2 aromatic rings. The highest BCUT2D eigenvalue weighted by Gasteiger charge is 2.31. The van der Waals surface area contributed by atoms with Crippen LogP contribution < -0.4 is 10.9 Å². The quantitative estimate of drug-likeness (QED) is 0.719. The molecule has 28 heavy (non-hydrogen) atoms. The van der Waals surface area contributed by atoms with Gasteiger partial charge in [0.05, 0.1) is 12.1 Å². The van der Waals surface area contributed by atoms with E-state index in [4.69, 9.17) is 11.6 Å². The molecule has 5 nitrogen and oxygen atoms in total. The number of aliphatic hydroxyl groups is 1. The largest absolute Gasteiger partial charge is 0.390 e. The third-order valence-corrected chi connectivity index (χ3v) is 5.99. The van der Waals surface area contributed by atoms with Crippen molar-refractivity contribution in [2.75, 3.05) is 39.3 Å². The smallest absolute Gasteiger partial charge is 0.0793 e. The Kier molecular flexibility index (Phi) is 6.62. The highest BCUT2D eigenvalue weighted by molar-refractivity contribution is 6.30. The summed E-state index contributed by atoms with van der Waals surface area (Å²) >= 11 is 6.04. The predicted molar refractivity (Wildman–Crippen MR) is 113 cm³/mol. The van der Waals surface area contributed by atoms with Crippen molar-refractivity contribution in [3.8, 4) is 0 Å². The number of nitrogens with one attached hydrogen (secondary N) is 2. The van der Waals surface area contributed by atoms with Gasteiger partial charge < -0.3 is 5.11 Å². The first-order valence-corrected chi connectivity index (χ1v) is 10.5. The Morgan fingerprint density at radius 1 is 0.964 bits per heavy atom. The molecule has 2 aliphatic rings. The van der Waals surface area contributed by atoms with E-state index in [1.165, 1.54) is 11.1 Å². The lowest BCUT2D eigenvalue weighted by molar-refractivity contribution is 0.102. The summed E-state index contributed by atoms with van der Waals surface area (Å²) in [5, 5.41) is 11.3. The maximum Gasteiger partial charge on any atom is 0.0793 e. The minimum absolute atomic E-state index is 0.262. The van der Waals surface area contributed by atoms with Gasteiger partial charge in [-0.2, -0.15) is 0 Å². The van der Waals surface area contributed by atoms with Crippen molar-refractivity contribution in [3.05, 3.63) is 70.7 Å². The Hall–Kier alpha value is -1.47. The molecule has 3 unspecified atom stereocenters. The van der Waals surface area contributed by atoms with Crippen LogP contribution in [0.4, 0.5) is 0 Å². The fourth-order valence-corrected chi connectivity index (χ4v) is 4.46. The molecule has 6 heteroatoms. The summed E-state index contributed by atoms with van der Waals surface area (Å²) in [4.78, 5) is 4.78. The van der Waals surface area contributed by atoms with Gasteiger partial charge in [0.2, 0.25) is 0 Å². The van der Waals surface area contributed by atoms with Crippen LogP contribution in [-0.2, 0) is 6.54 Å². The molecule has 0 amide bonds. The standard InChI is InChI=1S/C22H29ClN4O/c23-20-8-6-18(7-9-20)22-19(12-24-25-22)14-27-11-10-26(15-21(28)16-27)13-17-4-2-1-3-5-17/h1-9,19,21-22,24-25,28H,10-16H2. The highest BCUT2D eigenvalue weighted by Crippen LogP contribution is 2.27. The Bertz CT molecular complexity index is 742. The summed E-state index contributed by atoms with van der Waals surface area (Å²) in [5.41, 5.74) is 9.27. The summed E-state index contributed by atoms with van der Waals surface area (Å²) in [5.74, 6) is 0.453. The summed E-state index contributed by atoms with van der Waals surface area (Å²) in [7, 11) is 0. The molecule has 2 fully saturated rings. The van der Waals surface area contributed by atoms with Gasteiger partial charge in [0.1, 0.15) is 0 Å². The number of β-amino-alcohol motifs (C(OH)–C–C–N with tert-alkyl or cyclic N) is 1. The number of hydrazine groups is 1. The van der Waals surface area contributed by atoms with Gasteiger partial charge in [0.15, 0.2) is 0 Å². The van der Waals surface area contributed by atoms with E-state index < -0.39 is 0 Å². The number of aliphatic hydroxyl groups excluding tert-OH is 1. The summed E-state index contributed by atoms with van der Waals surface area (Å²) in [6.45, 7) is 6.20. The van der Waals surface area contributed by atoms with E-state index in [9.17, 15) is 5.11 Å². The van der Waals surface area contributed by atoms with Gasteiger partial charge in [-0.1, -0.05) is 54.1 Å². The molecule has 2 heterocycles. The van der Waals surface area contributed by atoms with Crippen molar-refractivity contribution in [2.24, 2.45) is 5.92 Å². The molecule has 2 aromatic carbocycles. The first-order chi connectivity index (χ1) is 13.7. The molecule has 2 saturated heterocycles. The van der Waals surface area contributed by atoms with Crippen molar-refractivity contribution in [1.82, 2.24) is 20.7 Å². The van der Waals surface area contributed by atoms with E-state index in [1.54, 1.807) is 0 Å². The molecule has 0 radical (unpaired) electrons. The van der Waals surface area contributed by atoms with E-state index in [0.717, 1.165) is 50.8 Å². The predicted octanol–water partition coefficient (Wildman–Crippen LogP) is 2.28. The number of benzene rings is 2. The second-order valence-corrected chi connectivity index (χ2v) is 8.39. The molecular weight excluding hydrogens is 372 g/mol. The second kappa shape index (κ2) is 9.35. The van der Waals surface area contributed by atoms with Gasteiger partial charge in [-0.3, -0.25) is 15.2 Å². The van der Waals surface area contributed by atoms with Crippen LogP contribution in [0.5, 0.6) is 0 Å². The van der Waals surface area contributed by atoms with Crippen molar-refractivity contribution >= 4 is 11.6 Å². The SMILES string of the molecule is OC1CN(Cc2ccccc2)CCN(CC2CNNC2c2ccc(Cl)cc2)C1. The summed E-state index contributed by atoms with van der Waals surface area (Å²) in [6.07, 6.45) is -0.317. The average molecular weight is 401 g/mol. The Morgan fingerprint density at radius 2 is 1.68 bits per heavy atom. The molecule has 0 aromatic heterocycles. The molecule has 3 atom stereocenters. The number of hydrogen-bond acceptors (Lipinski definition) is 5. The molecule has 2 aliphatic heterocycles. The van der Waals surface area contributed by atoms with Gasteiger partial charge in [-0.25, -0.2) is 5.43 Å². The molecule has 150 valence electrons. The third-order valence-electron chi connectivity index (χ3n) is 5.73. The molecule has 0 aliphatic carbocycles. The lowest BCUT2D eigenvalue weighted by Gasteiger charge is -2.27. The average Bonchev–Trinajstić information content (AvgIpc) is 3.07. The zero-order valence-corrected chi connectivity index (χ0v) is 16.9. The van der Waals surface area contributed by atoms with Crippen LogP contribution in [-0.4, -0.2) is 60.3 Å². The minimum Gasteiger partial charge on any atom is -0.390 e. The molecule has 0 saturated carbocycles. The molecule has 0 bridgehead atoms. The Labute approximate surface area is 172 Å². The normalized spacial score (nSPS) is 27.0. The topological polar surface area (TPSA) is 50.8 Å². The lowest BCUT2D eigenvalue weighted by atomic mass is 9.94. The third kappa shape index (κ3) is 5.11. The zero-order valence-electron chi connectivity index (χ0n) is 16.1. The van der Waals surface area contributed by atoms with E-state index in [-0.39, 0.29) is 12.1 Å². The van der Waals surface area contributed by atoms with Crippen LogP contribution in [0.3, 0.4) is 0 Å². The number of halogens is 1. The van der Waals surface area contributed by atoms with Gasteiger partial charge in [0, 0.05) is 56.8 Å². The minimum atomic E-state index is -0.317. The van der Waals surface area contributed by atoms with Gasteiger partial charge in [-0.15, -0.1) is 0 Å². The van der Waals surface area contributed by atoms with Crippen molar-refractivity contribution in [1.29, 1.82) is 0 Å². The maximum atomic E-state index is 10.6. The van der Waals surface area contributed by atoms with E-state index in [2.05, 4.69) is 57.0 Å². The number of nitrogens with zero attached hydrogens (tertiary/aromatic N) is 2. The Morgan fingerprint density at radius 3 is 2.46 bits per heavy atom. The van der Waals surface area contributed by atoms with Crippen LogP contribution in [0.2, 0.25) is 5.02 Å². The zero-order chi connectivity index (χ0) is 19.3. The second-order valence-electron chi connectivity index (χ2n) is 7.95. The first kappa shape index (κ1) is 19.8. The molecular formula is C22H29ClN4O. The van der Waals surface area contributed by atoms with Crippen LogP contribution in [0.15, 0.2) is 54.6 Å². The molecule has 3 N–H and O–H groups in total. The van der Waals surface area contributed by atoms with Gasteiger partial charge in [0.25, 0.3) is 0 Å². The highest BCUT2D eigenvalue weighted by atomic mass is 35.5. The maximum absolute atomic E-state index is 10.6. The van der Waals surface area contributed by atoms with Crippen molar-refractivity contribution < 1.29 is 5.11 Å². The van der Waals surface area contributed by atoms with Crippen LogP contribution in [0.1, 0.15) is 17.2 Å². The van der Waals surface area contributed by atoms with Gasteiger partial charge >= 0.3 is 0 Å². The van der Waals surface area contributed by atoms with Gasteiger partial charge in [-0.05, 0) is 23.3 Å². The fourth-order valence-electron chi connectivity index (χ4n) is 4.33. The monoisotopic (exact) mass is 400 g/mol. The Balaban J connectivity index is 1.36. The van der Waals surface area contributed by atoms with Crippen LogP contribution in [0, 0.1) is 5.92 Å². The summed E-state index contributed by atoms with van der Waals surface area (Å²) in [6, 6.07) is 18.9. The van der Waals surface area contributed by atoms with Crippen LogP contribution in [0.25, 0.3) is 0 Å². The number of rotatable bonds is 5. The van der Waals surface area contributed by atoms with Crippen molar-refractivity contribution in [3.63, 3.8) is 0 Å².